The zero-order valence-electron chi connectivity index (χ0n) is 21.0. The quantitative estimate of drug-likeness (QED) is 0.289. The number of hydrogen-bond acceptors (Lipinski definition) is 8. The molecule has 10 nitrogen and oxygen atoms in total. The number of amides is 1. The maximum atomic E-state index is 13.2. The fraction of sp³-hybridized carbons (Fsp3) is 0.286. The van der Waals surface area contributed by atoms with Gasteiger partial charge in [0.05, 0.1) is 11.4 Å². The molecule has 2 aliphatic rings. The second-order valence-electron chi connectivity index (χ2n) is 9.77. The first-order valence-electron chi connectivity index (χ1n) is 12.8. The smallest absolute Gasteiger partial charge is 0.264 e. The molecule has 3 aromatic heterocycles. The number of nitriles is 1. The summed E-state index contributed by atoms with van der Waals surface area (Å²) in [4.78, 5) is 27.9. The summed E-state index contributed by atoms with van der Waals surface area (Å²) in [5, 5.41) is 15.0. The van der Waals surface area contributed by atoms with E-state index in [0.717, 1.165) is 25.7 Å². The summed E-state index contributed by atoms with van der Waals surface area (Å²) in [5.41, 5.74) is 8.32. The van der Waals surface area contributed by atoms with Gasteiger partial charge in [0.1, 0.15) is 41.0 Å². The highest BCUT2D eigenvalue weighted by molar-refractivity contribution is 5.98. The molecule has 6 rings (SSSR count). The minimum absolute atomic E-state index is 0.150. The Balaban J connectivity index is 1.29. The second-order valence-corrected chi connectivity index (χ2v) is 9.77. The van der Waals surface area contributed by atoms with Gasteiger partial charge in [-0.3, -0.25) is 4.79 Å². The number of rotatable bonds is 6. The largest absolute Gasteiger partial charge is 0.439 e. The van der Waals surface area contributed by atoms with Gasteiger partial charge >= 0.3 is 0 Å². The third-order valence-electron chi connectivity index (χ3n) is 6.97. The maximum absolute atomic E-state index is 13.2. The SMILES string of the molecule is N#CC(=CC1CC1)C(=O)N1CCCC(n2nc(-c3ccc(Oc4ccc(F)cc4)nc3)c3c(N)ncnc32)C1. The van der Waals surface area contributed by atoms with Crippen molar-refractivity contribution in [3.8, 4) is 29.0 Å². The lowest BCUT2D eigenvalue weighted by Crippen LogP contribution is -2.41. The molecule has 39 heavy (non-hydrogen) atoms. The fourth-order valence-corrected chi connectivity index (χ4v) is 4.82. The molecule has 196 valence electrons. The van der Waals surface area contributed by atoms with Crippen LogP contribution >= 0.6 is 0 Å². The van der Waals surface area contributed by atoms with Crippen molar-refractivity contribution in [2.75, 3.05) is 18.8 Å². The van der Waals surface area contributed by atoms with E-state index in [9.17, 15) is 14.4 Å². The van der Waals surface area contributed by atoms with Crippen LogP contribution in [-0.2, 0) is 4.79 Å². The maximum Gasteiger partial charge on any atom is 0.264 e. The highest BCUT2D eigenvalue weighted by atomic mass is 19.1. The molecule has 1 unspecified atom stereocenters. The summed E-state index contributed by atoms with van der Waals surface area (Å²) in [7, 11) is 0. The number of piperidine rings is 1. The Bertz CT molecular complexity index is 1600. The van der Waals surface area contributed by atoms with Gasteiger partial charge in [-0.25, -0.2) is 24.0 Å². The van der Waals surface area contributed by atoms with Crippen molar-refractivity contribution in [2.45, 2.75) is 31.7 Å². The van der Waals surface area contributed by atoms with Crippen LogP contribution in [0.2, 0.25) is 0 Å². The van der Waals surface area contributed by atoms with Crippen LogP contribution in [0.1, 0.15) is 31.7 Å². The monoisotopic (exact) mass is 524 g/mol. The number of ether oxygens (including phenoxy) is 1. The number of nitrogen functional groups attached to an aromatic ring is 1. The van der Waals surface area contributed by atoms with E-state index in [1.165, 1.54) is 30.6 Å². The molecule has 1 aliphatic heterocycles. The molecular formula is C28H25FN8O2. The van der Waals surface area contributed by atoms with Crippen LogP contribution in [0.15, 0.2) is 60.6 Å². The number of benzene rings is 1. The molecule has 2 fully saturated rings. The van der Waals surface area contributed by atoms with E-state index in [-0.39, 0.29) is 29.2 Å². The number of anilines is 1. The van der Waals surface area contributed by atoms with Crippen LogP contribution in [0.3, 0.4) is 0 Å². The van der Waals surface area contributed by atoms with Crippen LogP contribution in [0.4, 0.5) is 10.2 Å². The molecule has 11 heteroatoms. The van der Waals surface area contributed by atoms with E-state index in [1.54, 1.807) is 23.2 Å². The minimum atomic E-state index is -0.349. The van der Waals surface area contributed by atoms with E-state index < -0.39 is 0 Å². The summed E-state index contributed by atoms with van der Waals surface area (Å²) in [6.45, 7) is 0.993. The molecule has 1 aromatic carbocycles. The van der Waals surface area contributed by atoms with Crippen molar-refractivity contribution in [1.82, 2.24) is 29.6 Å². The Hall–Kier alpha value is -4.85. The number of likely N-dealkylation sites (tertiary alicyclic amines) is 1. The Kier molecular flexibility index (Phi) is 6.36. The van der Waals surface area contributed by atoms with Gasteiger partial charge in [0.25, 0.3) is 5.91 Å². The van der Waals surface area contributed by atoms with Crippen LogP contribution in [0, 0.1) is 23.1 Å². The van der Waals surface area contributed by atoms with Crippen LogP contribution in [-0.4, -0.2) is 48.6 Å². The normalized spacial score (nSPS) is 17.7. The summed E-state index contributed by atoms with van der Waals surface area (Å²) >= 11 is 0. The molecule has 2 N–H and O–H groups in total. The zero-order chi connectivity index (χ0) is 26.9. The first-order chi connectivity index (χ1) is 19.0. The number of halogens is 1. The van der Waals surface area contributed by atoms with Crippen molar-refractivity contribution in [3.05, 3.63) is 66.4 Å². The molecule has 0 radical (unpaired) electrons. The highest BCUT2D eigenvalue weighted by Gasteiger charge is 2.31. The summed E-state index contributed by atoms with van der Waals surface area (Å²) < 4.78 is 20.7. The molecule has 0 spiro atoms. The van der Waals surface area contributed by atoms with Gasteiger partial charge in [-0.2, -0.15) is 10.4 Å². The Morgan fingerprint density at radius 2 is 1.95 bits per heavy atom. The summed E-state index contributed by atoms with van der Waals surface area (Å²) in [6, 6.07) is 11.1. The van der Waals surface area contributed by atoms with E-state index in [4.69, 9.17) is 15.6 Å². The highest BCUT2D eigenvalue weighted by Crippen LogP contribution is 2.35. The number of aromatic nitrogens is 5. The van der Waals surface area contributed by atoms with Gasteiger partial charge in [0.15, 0.2) is 5.65 Å². The van der Waals surface area contributed by atoms with Crippen molar-refractivity contribution in [1.29, 1.82) is 5.26 Å². The molecular weight excluding hydrogens is 499 g/mol. The number of carbonyl (C=O) groups is 1. The van der Waals surface area contributed by atoms with Gasteiger partial charge < -0.3 is 15.4 Å². The average Bonchev–Trinajstić information content (AvgIpc) is 3.70. The average molecular weight is 525 g/mol. The van der Waals surface area contributed by atoms with E-state index in [2.05, 4.69) is 21.0 Å². The van der Waals surface area contributed by atoms with Gasteiger partial charge in [-0.15, -0.1) is 0 Å². The zero-order valence-corrected chi connectivity index (χ0v) is 21.0. The van der Waals surface area contributed by atoms with Gasteiger partial charge in [0, 0.05) is 30.9 Å². The number of allylic oxidation sites excluding steroid dienone is 1. The van der Waals surface area contributed by atoms with Crippen molar-refractivity contribution >= 4 is 22.8 Å². The number of fused-ring (bicyclic) bond motifs is 1. The third kappa shape index (κ3) is 5.01. The Morgan fingerprint density at radius 1 is 1.13 bits per heavy atom. The number of hydrogen-bond donors (Lipinski definition) is 1. The van der Waals surface area contributed by atoms with Crippen molar-refractivity contribution in [3.63, 3.8) is 0 Å². The predicted octanol–water partition coefficient (Wildman–Crippen LogP) is 4.43. The summed E-state index contributed by atoms with van der Waals surface area (Å²) in [5.74, 6) is 0.845. The lowest BCUT2D eigenvalue weighted by molar-refractivity contribution is -0.128. The topological polar surface area (TPSA) is 136 Å². The van der Waals surface area contributed by atoms with Gasteiger partial charge in [-0.1, -0.05) is 6.08 Å². The molecule has 1 amide bonds. The van der Waals surface area contributed by atoms with Crippen LogP contribution in [0.5, 0.6) is 11.6 Å². The second kappa shape index (κ2) is 10.1. The Morgan fingerprint density at radius 3 is 2.67 bits per heavy atom. The van der Waals surface area contributed by atoms with Crippen LogP contribution < -0.4 is 10.5 Å². The molecule has 4 heterocycles. The fourth-order valence-electron chi connectivity index (χ4n) is 4.82. The molecule has 0 bridgehead atoms. The van der Waals surface area contributed by atoms with Crippen molar-refractivity contribution < 1.29 is 13.9 Å². The minimum Gasteiger partial charge on any atom is -0.439 e. The Labute approximate surface area is 223 Å². The lowest BCUT2D eigenvalue weighted by Gasteiger charge is -2.32. The first-order valence-corrected chi connectivity index (χ1v) is 12.8. The molecule has 1 atom stereocenters. The molecule has 1 aliphatic carbocycles. The number of carbonyl (C=O) groups excluding carboxylic acids is 1. The van der Waals surface area contributed by atoms with Crippen molar-refractivity contribution in [2.24, 2.45) is 5.92 Å². The molecule has 1 saturated carbocycles. The van der Waals surface area contributed by atoms with Gasteiger partial charge in [0.2, 0.25) is 5.88 Å². The number of pyridine rings is 1. The van der Waals surface area contributed by atoms with Gasteiger partial charge in [-0.05, 0) is 61.9 Å². The first kappa shape index (κ1) is 24.5. The molecule has 4 aromatic rings. The third-order valence-corrected chi connectivity index (χ3v) is 6.97. The molecule has 1 saturated heterocycles. The van der Waals surface area contributed by atoms with E-state index in [1.807, 2.05) is 10.7 Å². The number of nitrogens with zero attached hydrogens (tertiary/aromatic N) is 7. The summed E-state index contributed by atoms with van der Waals surface area (Å²) in [6.07, 6.45) is 8.44. The number of nitrogens with two attached hydrogens (primary N) is 1. The standard InChI is InChI=1S/C28H25FN8O2/c29-20-6-8-22(9-7-20)39-23-10-5-18(14-32-23)25-24-26(31)33-16-34-27(24)37(35-25)21-2-1-11-36(15-21)28(38)19(13-30)12-17-3-4-17/h5-10,12,14,16-17,21H,1-4,11,15H2,(H2,31,33,34). The predicted molar refractivity (Wildman–Crippen MR) is 141 cm³/mol. The lowest BCUT2D eigenvalue weighted by atomic mass is 10.0. The van der Waals surface area contributed by atoms with E-state index in [0.29, 0.717) is 52.9 Å². The van der Waals surface area contributed by atoms with E-state index >= 15 is 0 Å². The van der Waals surface area contributed by atoms with Crippen LogP contribution in [0.25, 0.3) is 22.3 Å².